The summed E-state index contributed by atoms with van der Waals surface area (Å²) in [5, 5.41) is 13.8. The third-order valence-corrected chi connectivity index (χ3v) is 3.35. The van der Waals surface area contributed by atoms with E-state index in [4.69, 9.17) is 5.11 Å². The Bertz CT molecular complexity index is 404. The molecule has 0 bridgehead atoms. The van der Waals surface area contributed by atoms with E-state index in [0.717, 1.165) is 24.3 Å². The lowest BCUT2D eigenvalue weighted by molar-refractivity contribution is -0.121. The first-order valence-corrected chi connectivity index (χ1v) is 6.95. The molecule has 1 heterocycles. The van der Waals surface area contributed by atoms with Gasteiger partial charge in [-0.15, -0.1) is 11.3 Å². The fourth-order valence-electron chi connectivity index (χ4n) is 1.46. The maximum absolute atomic E-state index is 11.4. The Hall–Kier alpha value is -1.43. The number of aromatic carboxylic acids is 1. The van der Waals surface area contributed by atoms with Gasteiger partial charge >= 0.3 is 5.97 Å². The van der Waals surface area contributed by atoms with Gasteiger partial charge in [-0.2, -0.15) is 0 Å². The highest BCUT2D eigenvalue weighted by Gasteiger charge is 2.08. The second-order valence-electron chi connectivity index (χ2n) is 3.99. The van der Waals surface area contributed by atoms with E-state index in [1.54, 1.807) is 0 Å². The van der Waals surface area contributed by atoms with Crippen molar-refractivity contribution in [3.05, 3.63) is 16.1 Å². The standard InChI is InChI=1S/C12H18N2O3S/c1-2-3-4-5-10(15)13-7-6-11-14-9(8-18-11)12(16)17/h8H,2-7H2,1H3,(H,13,15)(H,16,17). The van der Waals surface area contributed by atoms with E-state index in [1.807, 2.05) is 0 Å². The van der Waals surface area contributed by atoms with Crippen LogP contribution in [0.4, 0.5) is 0 Å². The van der Waals surface area contributed by atoms with Crippen LogP contribution in [-0.4, -0.2) is 28.5 Å². The van der Waals surface area contributed by atoms with Crippen molar-refractivity contribution in [2.75, 3.05) is 6.54 Å². The van der Waals surface area contributed by atoms with Gasteiger partial charge < -0.3 is 10.4 Å². The molecule has 1 aromatic rings. The number of carboxylic acid groups (broad SMARTS) is 1. The van der Waals surface area contributed by atoms with Crippen LogP contribution in [0.1, 0.15) is 48.1 Å². The summed E-state index contributed by atoms with van der Waals surface area (Å²) >= 11 is 1.31. The maximum atomic E-state index is 11.4. The summed E-state index contributed by atoms with van der Waals surface area (Å²) < 4.78 is 0. The van der Waals surface area contributed by atoms with E-state index in [9.17, 15) is 9.59 Å². The van der Waals surface area contributed by atoms with E-state index >= 15 is 0 Å². The maximum Gasteiger partial charge on any atom is 0.355 e. The number of rotatable bonds is 8. The minimum atomic E-state index is -1.01. The van der Waals surface area contributed by atoms with Crippen molar-refractivity contribution in [3.8, 4) is 0 Å². The molecule has 0 saturated heterocycles. The highest BCUT2D eigenvalue weighted by Crippen LogP contribution is 2.09. The Morgan fingerprint density at radius 1 is 1.44 bits per heavy atom. The molecule has 1 rings (SSSR count). The number of carbonyl (C=O) groups excluding carboxylic acids is 1. The van der Waals surface area contributed by atoms with Gasteiger partial charge in [0, 0.05) is 24.8 Å². The molecule has 1 aromatic heterocycles. The van der Waals surface area contributed by atoms with Crippen molar-refractivity contribution in [1.29, 1.82) is 0 Å². The Balaban J connectivity index is 2.20. The number of aromatic nitrogens is 1. The summed E-state index contributed by atoms with van der Waals surface area (Å²) in [5.41, 5.74) is 0.0734. The SMILES string of the molecule is CCCCCC(=O)NCCc1nc(C(=O)O)cs1. The van der Waals surface area contributed by atoms with Crippen LogP contribution in [0.2, 0.25) is 0 Å². The quantitative estimate of drug-likeness (QED) is 0.709. The summed E-state index contributed by atoms with van der Waals surface area (Å²) in [7, 11) is 0. The molecule has 0 aliphatic heterocycles. The van der Waals surface area contributed by atoms with E-state index in [0.29, 0.717) is 19.4 Å². The number of nitrogens with zero attached hydrogens (tertiary/aromatic N) is 1. The van der Waals surface area contributed by atoms with Crippen LogP contribution in [0.5, 0.6) is 0 Å². The number of amides is 1. The zero-order valence-electron chi connectivity index (χ0n) is 10.4. The first-order valence-electron chi connectivity index (χ1n) is 6.08. The van der Waals surface area contributed by atoms with Crippen molar-refractivity contribution in [1.82, 2.24) is 10.3 Å². The normalized spacial score (nSPS) is 10.3. The minimum absolute atomic E-state index is 0.0541. The molecule has 100 valence electrons. The summed E-state index contributed by atoms with van der Waals surface area (Å²) in [6.45, 7) is 2.61. The zero-order valence-corrected chi connectivity index (χ0v) is 11.3. The predicted molar refractivity (Wildman–Crippen MR) is 69.9 cm³/mol. The van der Waals surface area contributed by atoms with Crippen molar-refractivity contribution in [2.24, 2.45) is 0 Å². The van der Waals surface area contributed by atoms with Gasteiger partial charge in [-0.05, 0) is 6.42 Å². The van der Waals surface area contributed by atoms with Crippen LogP contribution < -0.4 is 5.32 Å². The number of hydrogen-bond donors (Lipinski definition) is 2. The number of nitrogens with one attached hydrogen (secondary N) is 1. The second-order valence-corrected chi connectivity index (χ2v) is 4.93. The van der Waals surface area contributed by atoms with Gasteiger partial charge in [0.15, 0.2) is 5.69 Å². The summed E-state index contributed by atoms with van der Waals surface area (Å²) in [5.74, 6) is -0.959. The van der Waals surface area contributed by atoms with Crippen molar-refractivity contribution in [2.45, 2.75) is 39.0 Å². The number of carbonyl (C=O) groups is 2. The zero-order chi connectivity index (χ0) is 13.4. The lowest BCUT2D eigenvalue weighted by Gasteiger charge is -2.03. The molecule has 0 radical (unpaired) electrons. The third kappa shape index (κ3) is 5.27. The van der Waals surface area contributed by atoms with Gasteiger partial charge in [0.25, 0.3) is 0 Å². The molecule has 1 amide bonds. The van der Waals surface area contributed by atoms with Crippen LogP contribution in [0.25, 0.3) is 0 Å². The molecule has 0 aromatic carbocycles. The number of carboxylic acids is 1. The van der Waals surface area contributed by atoms with Crippen molar-refractivity contribution >= 4 is 23.2 Å². The van der Waals surface area contributed by atoms with Gasteiger partial charge in [-0.3, -0.25) is 4.79 Å². The first-order chi connectivity index (χ1) is 8.63. The molecule has 5 nitrogen and oxygen atoms in total. The van der Waals surface area contributed by atoms with E-state index < -0.39 is 5.97 Å². The molecule has 2 N–H and O–H groups in total. The van der Waals surface area contributed by atoms with E-state index in [-0.39, 0.29) is 11.6 Å². The highest BCUT2D eigenvalue weighted by atomic mass is 32.1. The molecule has 0 atom stereocenters. The van der Waals surface area contributed by atoms with Crippen molar-refractivity contribution < 1.29 is 14.7 Å². The van der Waals surface area contributed by atoms with Gasteiger partial charge in [0.05, 0.1) is 5.01 Å². The molecule has 0 fully saturated rings. The first kappa shape index (κ1) is 14.6. The topological polar surface area (TPSA) is 79.3 Å². The molecule has 0 spiro atoms. The van der Waals surface area contributed by atoms with Crippen LogP contribution in [0, 0.1) is 0 Å². The summed E-state index contributed by atoms with van der Waals surface area (Å²) in [6, 6.07) is 0. The average molecular weight is 270 g/mol. The van der Waals surface area contributed by atoms with E-state index in [1.165, 1.54) is 16.7 Å². The van der Waals surface area contributed by atoms with Gasteiger partial charge in [-0.1, -0.05) is 19.8 Å². The third-order valence-electron chi connectivity index (χ3n) is 2.44. The Kier molecular flexibility index (Phi) is 6.35. The predicted octanol–water partition coefficient (Wildman–Crippen LogP) is 2.08. The minimum Gasteiger partial charge on any atom is -0.476 e. The Morgan fingerprint density at radius 3 is 2.83 bits per heavy atom. The summed E-state index contributed by atoms with van der Waals surface area (Å²) in [6.07, 6.45) is 4.23. The van der Waals surface area contributed by atoms with Gasteiger partial charge in [-0.25, -0.2) is 9.78 Å². The van der Waals surface area contributed by atoms with Gasteiger partial charge in [0.2, 0.25) is 5.91 Å². The molecule has 0 saturated carbocycles. The van der Waals surface area contributed by atoms with Crippen LogP contribution in [-0.2, 0) is 11.2 Å². The Labute approximate surface area is 110 Å². The van der Waals surface area contributed by atoms with Crippen LogP contribution >= 0.6 is 11.3 Å². The van der Waals surface area contributed by atoms with E-state index in [2.05, 4.69) is 17.2 Å². The fourth-order valence-corrected chi connectivity index (χ4v) is 2.23. The lowest BCUT2D eigenvalue weighted by Crippen LogP contribution is -2.25. The average Bonchev–Trinajstić information content (AvgIpc) is 2.78. The number of hydrogen-bond acceptors (Lipinski definition) is 4. The molecular formula is C12H18N2O3S. The second kappa shape index (κ2) is 7.81. The van der Waals surface area contributed by atoms with Gasteiger partial charge in [0.1, 0.15) is 0 Å². The molecule has 0 aliphatic carbocycles. The number of thiazole rings is 1. The highest BCUT2D eigenvalue weighted by molar-refractivity contribution is 7.09. The summed E-state index contributed by atoms with van der Waals surface area (Å²) in [4.78, 5) is 26.0. The molecular weight excluding hydrogens is 252 g/mol. The van der Waals surface area contributed by atoms with Crippen LogP contribution in [0.15, 0.2) is 5.38 Å². The monoisotopic (exact) mass is 270 g/mol. The largest absolute Gasteiger partial charge is 0.476 e. The number of unbranched alkanes of at least 4 members (excludes halogenated alkanes) is 2. The smallest absolute Gasteiger partial charge is 0.355 e. The lowest BCUT2D eigenvalue weighted by atomic mass is 10.2. The Morgan fingerprint density at radius 2 is 2.22 bits per heavy atom. The molecule has 18 heavy (non-hydrogen) atoms. The van der Waals surface area contributed by atoms with Crippen LogP contribution in [0.3, 0.4) is 0 Å². The molecule has 6 heteroatoms. The molecule has 0 aliphatic rings. The van der Waals surface area contributed by atoms with Crippen molar-refractivity contribution in [3.63, 3.8) is 0 Å². The fraction of sp³-hybridized carbons (Fsp3) is 0.583. The molecule has 0 unspecified atom stereocenters.